The lowest BCUT2D eigenvalue weighted by atomic mass is 9.62. The highest BCUT2D eigenvalue weighted by Crippen LogP contribution is 2.49. The Bertz CT molecular complexity index is 982. The summed E-state index contributed by atoms with van der Waals surface area (Å²) in [7, 11) is 0. The van der Waals surface area contributed by atoms with E-state index in [1.807, 2.05) is 19.1 Å². The molecule has 0 aromatic heterocycles. The first kappa shape index (κ1) is 21.4. The number of aliphatic hydroxyl groups excluding tert-OH is 1. The molecule has 2 aliphatic heterocycles. The molecule has 2 amide bonds. The van der Waals surface area contributed by atoms with Gasteiger partial charge in [0, 0.05) is 38.0 Å². The fourth-order valence-corrected chi connectivity index (χ4v) is 5.08. The Morgan fingerprint density at radius 1 is 1.16 bits per heavy atom. The monoisotopic (exact) mass is 428 g/mol. The smallest absolute Gasteiger partial charge is 0.256 e. The van der Waals surface area contributed by atoms with E-state index in [-0.39, 0.29) is 24.2 Å². The average Bonchev–Trinajstić information content (AvgIpc) is 2.73. The van der Waals surface area contributed by atoms with Crippen molar-refractivity contribution in [1.29, 1.82) is 0 Å². The number of nitrogens with zero attached hydrogens (tertiary/aromatic N) is 1. The van der Waals surface area contributed by atoms with E-state index < -0.39 is 23.2 Å². The number of benzene rings is 2. The van der Waals surface area contributed by atoms with Crippen LogP contribution in [0.2, 0.25) is 0 Å². The number of hydrogen-bond donors (Lipinski definition) is 2. The van der Waals surface area contributed by atoms with Gasteiger partial charge in [0.15, 0.2) is 6.10 Å². The predicted molar refractivity (Wildman–Crippen MR) is 111 cm³/mol. The molecular formula is C24H26F2N2O3. The summed E-state index contributed by atoms with van der Waals surface area (Å²) >= 11 is 0. The second-order valence-electron chi connectivity index (χ2n) is 8.68. The summed E-state index contributed by atoms with van der Waals surface area (Å²) in [6, 6.07) is 10.7. The van der Waals surface area contributed by atoms with Crippen molar-refractivity contribution in [2.45, 2.75) is 38.2 Å². The van der Waals surface area contributed by atoms with Gasteiger partial charge in [-0.2, -0.15) is 0 Å². The van der Waals surface area contributed by atoms with Gasteiger partial charge < -0.3 is 15.3 Å². The largest absolute Gasteiger partial charge is 0.378 e. The van der Waals surface area contributed by atoms with Crippen LogP contribution in [0.5, 0.6) is 0 Å². The Hall–Kier alpha value is -2.80. The predicted octanol–water partition coefficient (Wildman–Crippen LogP) is 3.22. The Balaban J connectivity index is 1.53. The number of halogens is 2. The van der Waals surface area contributed by atoms with Crippen LogP contribution in [0.1, 0.15) is 48.0 Å². The molecule has 7 heteroatoms. The molecule has 0 saturated carbocycles. The van der Waals surface area contributed by atoms with Gasteiger partial charge in [-0.3, -0.25) is 9.59 Å². The van der Waals surface area contributed by atoms with Crippen LogP contribution in [-0.4, -0.2) is 41.5 Å². The quantitative estimate of drug-likeness (QED) is 0.789. The average molecular weight is 428 g/mol. The number of nitrogens with one attached hydrogen (secondary N) is 1. The van der Waals surface area contributed by atoms with E-state index in [4.69, 9.17) is 0 Å². The van der Waals surface area contributed by atoms with Crippen LogP contribution >= 0.6 is 0 Å². The highest BCUT2D eigenvalue weighted by Gasteiger charge is 2.47. The van der Waals surface area contributed by atoms with Crippen molar-refractivity contribution in [2.75, 3.05) is 19.6 Å². The van der Waals surface area contributed by atoms with E-state index in [1.54, 1.807) is 17.0 Å². The first-order chi connectivity index (χ1) is 14.8. The van der Waals surface area contributed by atoms with Gasteiger partial charge in [0.25, 0.3) is 5.91 Å². The van der Waals surface area contributed by atoms with Crippen molar-refractivity contribution in [3.05, 3.63) is 70.8 Å². The third-order valence-corrected chi connectivity index (χ3v) is 6.83. The molecule has 0 bridgehead atoms. The summed E-state index contributed by atoms with van der Waals surface area (Å²) in [4.78, 5) is 26.8. The third-order valence-electron chi connectivity index (χ3n) is 6.83. The van der Waals surface area contributed by atoms with E-state index in [0.29, 0.717) is 43.6 Å². The second-order valence-corrected chi connectivity index (χ2v) is 8.68. The van der Waals surface area contributed by atoms with Gasteiger partial charge in [-0.25, -0.2) is 8.78 Å². The summed E-state index contributed by atoms with van der Waals surface area (Å²) in [6.45, 7) is 2.91. The van der Waals surface area contributed by atoms with Crippen molar-refractivity contribution in [1.82, 2.24) is 10.2 Å². The van der Waals surface area contributed by atoms with Gasteiger partial charge in [-0.1, -0.05) is 24.3 Å². The molecule has 0 radical (unpaired) electrons. The number of hydrogen-bond acceptors (Lipinski definition) is 3. The van der Waals surface area contributed by atoms with Crippen molar-refractivity contribution in [3.63, 3.8) is 0 Å². The van der Waals surface area contributed by atoms with E-state index in [1.165, 1.54) is 12.1 Å². The van der Waals surface area contributed by atoms with Crippen LogP contribution in [0, 0.1) is 24.0 Å². The van der Waals surface area contributed by atoms with Gasteiger partial charge >= 0.3 is 0 Å². The van der Waals surface area contributed by atoms with Crippen molar-refractivity contribution < 1.29 is 23.5 Å². The minimum atomic E-state index is -1.24. The molecular weight excluding hydrogens is 402 g/mol. The number of rotatable bonds is 3. The number of piperidine rings is 2. The minimum Gasteiger partial charge on any atom is -0.378 e. The Labute approximate surface area is 180 Å². The molecule has 5 nitrogen and oxygen atoms in total. The lowest BCUT2D eigenvalue weighted by Gasteiger charge is -2.49. The molecule has 2 unspecified atom stereocenters. The summed E-state index contributed by atoms with van der Waals surface area (Å²) in [5.74, 6) is -1.98. The Kier molecular flexibility index (Phi) is 5.79. The zero-order chi connectivity index (χ0) is 22.2. The maximum Gasteiger partial charge on any atom is 0.256 e. The molecule has 2 saturated heterocycles. The van der Waals surface area contributed by atoms with Crippen LogP contribution in [0.4, 0.5) is 8.78 Å². The Morgan fingerprint density at radius 3 is 2.45 bits per heavy atom. The zero-order valence-electron chi connectivity index (χ0n) is 17.4. The first-order valence-electron chi connectivity index (χ1n) is 10.5. The van der Waals surface area contributed by atoms with Gasteiger partial charge in [0.1, 0.15) is 11.6 Å². The van der Waals surface area contributed by atoms with Crippen LogP contribution in [0.15, 0.2) is 42.5 Å². The van der Waals surface area contributed by atoms with E-state index >= 15 is 0 Å². The maximum absolute atomic E-state index is 13.9. The topological polar surface area (TPSA) is 69.6 Å². The minimum absolute atomic E-state index is 0.0900. The van der Waals surface area contributed by atoms with Gasteiger partial charge in [-0.15, -0.1) is 0 Å². The number of carbonyl (C=O) groups excluding carboxylic acids is 2. The van der Waals surface area contributed by atoms with E-state index in [2.05, 4.69) is 5.32 Å². The summed E-state index contributed by atoms with van der Waals surface area (Å²) in [6.07, 6.45) is 0.0568. The van der Waals surface area contributed by atoms with Crippen LogP contribution in [-0.2, 0) is 9.59 Å². The van der Waals surface area contributed by atoms with E-state index in [9.17, 15) is 23.5 Å². The molecule has 2 N–H and O–H groups in total. The summed E-state index contributed by atoms with van der Waals surface area (Å²) in [5, 5.41) is 13.4. The fourth-order valence-electron chi connectivity index (χ4n) is 5.08. The lowest BCUT2D eigenvalue weighted by molar-refractivity contribution is -0.144. The van der Waals surface area contributed by atoms with Crippen molar-refractivity contribution in [3.8, 4) is 0 Å². The van der Waals surface area contributed by atoms with Crippen LogP contribution < -0.4 is 5.32 Å². The molecule has 2 aliphatic rings. The number of carbonyl (C=O) groups is 2. The summed E-state index contributed by atoms with van der Waals surface area (Å²) in [5.41, 5.74) is 1.47. The molecule has 4 rings (SSSR count). The molecule has 2 aromatic carbocycles. The number of aryl methyl sites for hydroxylation is 1. The lowest BCUT2D eigenvalue weighted by Crippen LogP contribution is -2.53. The Morgan fingerprint density at radius 2 is 1.81 bits per heavy atom. The molecule has 2 atom stereocenters. The maximum atomic E-state index is 13.9. The van der Waals surface area contributed by atoms with Gasteiger partial charge in [0.05, 0.1) is 0 Å². The molecule has 31 heavy (non-hydrogen) atoms. The standard InChI is InChI=1S/C24H26F2N2O3/c1-15-4-2-3-5-19(15)22(30)23(31)28-8-6-24(7-9-28)13-21(29)27-14-20(24)16-10-17(25)12-18(26)11-16/h2-5,10-12,20,22,30H,6-9,13-14H2,1H3,(H,27,29). The summed E-state index contributed by atoms with van der Waals surface area (Å²) < 4.78 is 27.7. The highest BCUT2D eigenvalue weighted by atomic mass is 19.1. The van der Waals surface area contributed by atoms with Gasteiger partial charge in [-0.05, 0) is 54.0 Å². The van der Waals surface area contributed by atoms with Crippen LogP contribution in [0.25, 0.3) is 0 Å². The zero-order valence-corrected chi connectivity index (χ0v) is 17.4. The molecule has 2 heterocycles. The molecule has 2 fully saturated rings. The van der Waals surface area contributed by atoms with Crippen LogP contribution in [0.3, 0.4) is 0 Å². The van der Waals surface area contributed by atoms with E-state index in [0.717, 1.165) is 11.6 Å². The number of aliphatic hydroxyl groups is 1. The normalized spacial score (nSPS) is 21.6. The van der Waals surface area contributed by atoms with Crippen molar-refractivity contribution >= 4 is 11.8 Å². The molecule has 2 aromatic rings. The SMILES string of the molecule is Cc1ccccc1C(O)C(=O)N1CCC2(CC1)CC(=O)NCC2c1cc(F)cc(F)c1. The fraction of sp³-hybridized carbons (Fsp3) is 0.417. The highest BCUT2D eigenvalue weighted by molar-refractivity contribution is 5.83. The number of amides is 2. The molecule has 0 aliphatic carbocycles. The van der Waals surface area contributed by atoms with Gasteiger partial charge in [0.2, 0.25) is 5.91 Å². The molecule has 164 valence electrons. The second kappa shape index (κ2) is 8.38. The molecule has 1 spiro atoms. The third kappa shape index (κ3) is 4.19. The number of likely N-dealkylation sites (tertiary alicyclic amines) is 1. The van der Waals surface area contributed by atoms with Crippen molar-refractivity contribution in [2.24, 2.45) is 5.41 Å². The first-order valence-corrected chi connectivity index (χ1v) is 10.5.